The number of anilines is 2. The number of halogens is 3. The normalized spacial score (nSPS) is 16.1. The van der Waals surface area contributed by atoms with Gasteiger partial charge in [-0.15, -0.1) is 0 Å². The van der Waals surface area contributed by atoms with Gasteiger partial charge in [-0.25, -0.2) is 4.98 Å². The zero-order chi connectivity index (χ0) is 24.1. The molecule has 1 aromatic carbocycles. The number of nitrogens with zero attached hydrogens (tertiary/aromatic N) is 2. The van der Waals surface area contributed by atoms with E-state index in [4.69, 9.17) is 0 Å². The fourth-order valence-corrected chi connectivity index (χ4v) is 4.08. The van der Waals surface area contributed by atoms with Crippen LogP contribution in [-0.2, 0) is 6.18 Å². The van der Waals surface area contributed by atoms with Gasteiger partial charge in [0.2, 0.25) is 0 Å². The first-order chi connectivity index (χ1) is 16.3. The molecule has 1 fully saturated rings. The lowest BCUT2D eigenvalue weighted by Crippen LogP contribution is -2.36. The van der Waals surface area contributed by atoms with E-state index in [1.54, 1.807) is 24.5 Å². The summed E-state index contributed by atoms with van der Waals surface area (Å²) in [6, 6.07) is 13.6. The number of allylic oxidation sites excluding steroid dienone is 2. The number of nitrogens with one attached hydrogen (secondary N) is 2. The number of benzene rings is 1. The molecule has 1 aliphatic carbocycles. The highest BCUT2D eigenvalue weighted by Gasteiger charge is 2.30. The molecule has 1 aliphatic rings. The fraction of sp³-hybridized carbons (Fsp3) is 0.269. The molecule has 4 rings (SSSR count). The van der Waals surface area contributed by atoms with Crippen LogP contribution in [0.5, 0.6) is 0 Å². The molecule has 34 heavy (non-hydrogen) atoms. The van der Waals surface area contributed by atoms with Crippen LogP contribution in [0.15, 0.2) is 72.7 Å². The number of alkyl halides is 3. The average molecular weight is 467 g/mol. The van der Waals surface area contributed by atoms with Crippen LogP contribution in [-0.4, -0.2) is 21.9 Å². The van der Waals surface area contributed by atoms with E-state index in [2.05, 4.69) is 27.5 Å². The third kappa shape index (κ3) is 5.81. The minimum Gasteiger partial charge on any atom is -0.349 e. The summed E-state index contributed by atoms with van der Waals surface area (Å²) in [5.74, 6) is 0.271. The molecular weight excluding hydrogens is 441 g/mol. The number of aromatic nitrogens is 2. The van der Waals surface area contributed by atoms with E-state index in [1.807, 2.05) is 24.3 Å². The molecule has 2 N–H and O–H groups in total. The SMILES string of the molecule is CC(=C1CCC(NC(=O)c2ccncc2)CC1)c1cccc(Nc2ccc(C(F)(F)F)cn2)c1. The van der Waals surface area contributed by atoms with Crippen LogP contribution >= 0.6 is 0 Å². The third-order valence-corrected chi connectivity index (χ3v) is 6.06. The zero-order valence-corrected chi connectivity index (χ0v) is 18.7. The highest BCUT2D eigenvalue weighted by atomic mass is 19.4. The van der Waals surface area contributed by atoms with Crippen molar-refractivity contribution in [2.45, 2.75) is 44.8 Å². The van der Waals surface area contributed by atoms with Crippen molar-refractivity contribution < 1.29 is 18.0 Å². The summed E-state index contributed by atoms with van der Waals surface area (Å²) in [7, 11) is 0. The van der Waals surface area contributed by atoms with Crippen LogP contribution in [0.2, 0.25) is 0 Å². The van der Waals surface area contributed by atoms with E-state index in [0.29, 0.717) is 11.4 Å². The van der Waals surface area contributed by atoms with E-state index in [-0.39, 0.29) is 11.9 Å². The topological polar surface area (TPSA) is 66.9 Å². The summed E-state index contributed by atoms with van der Waals surface area (Å²) in [5.41, 5.74) is 4.16. The Balaban J connectivity index is 1.38. The molecule has 0 radical (unpaired) electrons. The van der Waals surface area contributed by atoms with Crippen LogP contribution in [0, 0.1) is 0 Å². The van der Waals surface area contributed by atoms with Crippen molar-refractivity contribution in [2.75, 3.05) is 5.32 Å². The largest absolute Gasteiger partial charge is 0.417 e. The van der Waals surface area contributed by atoms with Crippen molar-refractivity contribution in [1.82, 2.24) is 15.3 Å². The Morgan fingerprint density at radius 2 is 1.74 bits per heavy atom. The van der Waals surface area contributed by atoms with Gasteiger partial charge >= 0.3 is 6.18 Å². The second-order valence-corrected chi connectivity index (χ2v) is 8.35. The summed E-state index contributed by atoms with van der Waals surface area (Å²) < 4.78 is 38.2. The van der Waals surface area contributed by atoms with Gasteiger partial charge in [0.15, 0.2) is 0 Å². The van der Waals surface area contributed by atoms with Gasteiger partial charge < -0.3 is 10.6 Å². The van der Waals surface area contributed by atoms with Gasteiger partial charge in [-0.1, -0.05) is 17.7 Å². The summed E-state index contributed by atoms with van der Waals surface area (Å²) in [4.78, 5) is 20.2. The van der Waals surface area contributed by atoms with Crippen molar-refractivity contribution in [3.8, 4) is 0 Å². The maximum absolute atomic E-state index is 12.7. The molecule has 0 atom stereocenters. The van der Waals surface area contributed by atoms with Crippen molar-refractivity contribution in [1.29, 1.82) is 0 Å². The molecule has 2 aromatic heterocycles. The van der Waals surface area contributed by atoms with Gasteiger partial charge in [0, 0.05) is 35.9 Å². The minimum atomic E-state index is -4.41. The lowest BCUT2D eigenvalue weighted by atomic mass is 9.86. The fourth-order valence-electron chi connectivity index (χ4n) is 4.08. The average Bonchev–Trinajstić information content (AvgIpc) is 2.84. The maximum atomic E-state index is 12.7. The number of rotatable bonds is 5. The molecule has 0 spiro atoms. The number of carbonyl (C=O) groups excluding carboxylic acids is 1. The molecule has 0 unspecified atom stereocenters. The number of carbonyl (C=O) groups is 1. The number of amides is 1. The lowest BCUT2D eigenvalue weighted by molar-refractivity contribution is -0.137. The Morgan fingerprint density at radius 3 is 2.38 bits per heavy atom. The predicted molar refractivity (Wildman–Crippen MR) is 126 cm³/mol. The summed E-state index contributed by atoms with van der Waals surface area (Å²) >= 11 is 0. The molecule has 176 valence electrons. The Bertz CT molecular complexity index is 1160. The lowest BCUT2D eigenvalue weighted by Gasteiger charge is -2.26. The van der Waals surface area contributed by atoms with Gasteiger partial charge in [-0.3, -0.25) is 9.78 Å². The van der Waals surface area contributed by atoms with Crippen molar-refractivity contribution in [3.63, 3.8) is 0 Å². The van der Waals surface area contributed by atoms with Crippen molar-refractivity contribution in [2.24, 2.45) is 0 Å². The van der Waals surface area contributed by atoms with Gasteiger partial charge in [-0.2, -0.15) is 13.2 Å². The highest BCUT2D eigenvalue weighted by molar-refractivity contribution is 5.94. The Hall–Kier alpha value is -3.68. The van der Waals surface area contributed by atoms with Crippen molar-refractivity contribution >= 4 is 23.0 Å². The van der Waals surface area contributed by atoms with E-state index in [9.17, 15) is 18.0 Å². The molecule has 5 nitrogen and oxygen atoms in total. The van der Waals surface area contributed by atoms with E-state index < -0.39 is 11.7 Å². The second-order valence-electron chi connectivity index (χ2n) is 8.35. The third-order valence-electron chi connectivity index (χ3n) is 6.06. The van der Waals surface area contributed by atoms with Crippen molar-refractivity contribution in [3.05, 3.63) is 89.4 Å². The Morgan fingerprint density at radius 1 is 1.00 bits per heavy atom. The van der Waals surface area contributed by atoms with Gasteiger partial charge in [0.25, 0.3) is 5.91 Å². The minimum absolute atomic E-state index is 0.0767. The molecular formula is C26H25F3N4O. The monoisotopic (exact) mass is 466 g/mol. The van der Waals surface area contributed by atoms with Crippen LogP contribution in [0.3, 0.4) is 0 Å². The first-order valence-electron chi connectivity index (χ1n) is 11.1. The molecule has 0 bridgehead atoms. The van der Waals surface area contributed by atoms with Crippen LogP contribution < -0.4 is 10.6 Å². The summed E-state index contributed by atoms with van der Waals surface area (Å²) in [6.07, 6.45) is 3.17. The number of hydrogen-bond acceptors (Lipinski definition) is 4. The van der Waals surface area contributed by atoms with Crippen LogP contribution in [0.4, 0.5) is 24.7 Å². The first kappa shape index (κ1) is 23.5. The maximum Gasteiger partial charge on any atom is 0.417 e. The Kier molecular flexibility index (Phi) is 6.95. The number of pyridine rings is 2. The van der Waals surface area contributed by atoms with Crippen LogP contribution in [0.25, 0.3) is 5.57 Å². The second kappa shape index (κ2) is 10.1. The molecule has 8 heteroatoms. The molecule has 1 amide bonds. The zero-order valence-electron chi connectivity index (χ0n) is 18.7. The Labute approximate surface area is 196 Å². The van der Waals surface area contributed by atoms with Gasteiger partial charge in [0.05, 0.1) is 5.56 Å². The van der Waals surface area contributed by atoms with Crippen LogP contribution in [0.1, 0.15) is 54.1 Å². The molecule has 1 saturated carbocycles. The molecule has 3 aromatic rings. The van der Waals surface area contributed by atoms with Gasteiger partial charge in [-0.05, 0) is 80.1 Å². The summed E-state index contributed by atoms with van der Waals surface area (Å²) in [6.45, 7) is 2.08. The molecule has 0 saturated heterocycles. The smallest absolute Gasteiger partial charge is 0.349 e. The molecule has 2 heterocycles. The van der Waals surface area contributed by atoms with Gasteiger partial charge in [0.1, 0.15) is 5.82 Å². The molecule has 0 aliphatic heterocycles. The predicted octanol–water partition coefficient (Wildman–Crippen LogP) is 6.39. The van der Waals surface area contributed by atoms with E-state index in [0.717, 1.165) is 49.2 Å². The van der Waals surface area contributed by atoms with E-state index >= 15 is 0 Å². The summed E-state index contributed by atoms with van der Waals surface area (Å²) in [5, 5.41) is 6.18. The highest BCUT2D eigenvalue weighted by Crippen LogP contribution is 2.32. The number of hydrogen-bond donors (Lipinski definition) is 2. The first-order valence-corrected chi connectivity index (χ1v) is 11.1. The van der Waals surface area contributed by atoms with E-state index in [1.165, 1.54) is 17.2 Å². The quantitative estimate of drug-likeness (QED) is 0.458. The standard InChI is InChI=1S/C26H25F3N4O/c1-17(18-5-8-22(9-6-18)33-25(34)19-11-13-30-14-12-19)20-3-2-4-23(15-20)32-24-10-7-21(16-31-24)26(27,28)29/h2-4,7,10-16,22H,5-6,8-9H2,1H3,(H,31,32)(H,33,34).